The molecule has 1 fully saturated rings. The number of hydrogen-bond donors (Lipinski definition) is 3. The van der Waals surface area contributed by atoms with Crippen molar-refractivity contribution in [1.29, 1.82) is 0 Å². The first-order chi connectivity index (χ1) is 9.99. The van der Waals surface area contributed by atoms with E-state index in [1.807, 2.05) is 6.92 Å². The van der Waals surface area contributed by atoms with E-state index in [2.05, 4.69) is 10.6 Å². The number of carboxylic acid groups (broad SMARTS) is 1. The highest BCUT2D eigenvalue weighted by atomic mass is 16.5. The van der Waals surface area contributed by atoms with E-state index in [0.29, 0.717) is 11.4 Å². The zero-order chi connectivity index (χ0) is 15.4. The minimum absolute atomic E-state index is 0.0890. The van der Waals surface area contributed by atoms with E-state index in [-0.39, 0.29) is 17.6 Å². The van der Waals surface area contributed by atoms with Crippen LogP contribution >= 0.6 is 0 Å². The van der Waals surface area contributed by atoms with Gasteiger partial charge in [0.2, 0.25) is 0 Å². The van der Waals surface area contributed by atoms with Gasteiger partial charge in [-0.2, -0.15) is 0 Å². The van der Waals surface area contributed by atoms with E-state index in [0.717, 1.165) is 12.3 Å². The van der Waals surface area contributed by atoms with Crippen LogP contribution < -0.4 is 15.4 Å². The average molecular weight is 292 g/mol. The second kappa shape index (κ2) is 6.47. The number of nitrogens with one attached hydrogen (secondary N) is 2. The maximum absolute atomic E-state index is 11.9. The van der Waals surface area contributed by atoms with E-state index in [9.17, 15) is 9.59 Å². The number of urea groups is 1. The van der Waals surface area contributed by atoms with E-state index in [4.69, 9.17) is 9.84 Å². The Balaban J connectivity index is 2.00. The van der Waals surface area contributed by atoms with E-state index in [1.165, 1.54) is 38.2 Å². The van der Waals surface area contributed by atoms with Gasteiger partial charge in [0.1, 0.15) is 5.75 Å². The SMILES string of the molecule is COc1ccc(C(=O)O)cc1NC(=O)NC(C)CC1CC1. The summed E-state index contributed by atoms with van der Waals surface area (Å²) in [6.07, 6.45) is 3.45. The maximum Gasteiger partial charge on any atom is 0.335 e. The van der Waals surface area contributed by atoms with Crippen LogP contribution in [0.3, 0.4) is 0 Å². The molecule has 0 saturated heterocycles. The highest BCUT2D eigenvalue weighted by Crippen LogP contribution is 2.33. The summed E-state index contributed by atoms with van der Waals surface area (Å²) in [7, 11) is 1.47. The fourth-order valence-electron chi connectivity index (χ4n) is 2.23. The molecule has 1 aliphatic rings. The largest absolute Gasteiger partial charge is 0.495 e. The topological polar surface area (TPSA) is 87.7 Å². The lowest BCUT2D eigenvalue weighted by atomic mass is 10.1. The Morgan fingerprint density at radius 3 is 2.71 bits per heavy atom. The van der Waals surface area contributed by atoms with Crippen LogP contribution in [-0.4, -0.2) is 30.3 Å². The molecule has 0 heterocycles. The normalized spacial score (nSPS) is 15.1. The van der Waals surface area contributed by atoms with Crippen molar-refractivity contribution < 1.29 is 19.4 Å². The summed E-state index contributed by atoms with van der Waals surface area (Å²) in [5.74, 6) is 0.0957. The van der Waals surface area contributed by atoms with Crippen molar-refractivity contribution >= 4 is 17.7 Å². The molecular formula is C15H20N2O4. The molecule has 1 aromatic rings. The number of carbonyl (C=O) groups excluding carboxylic acids is 1. The molecule has 6 nitrogen and oxygen atoms in total. The zero-order valence-electron chi connectivity index (χ0n) is 12.2. The Kier molecular flexibility index (Phi) is 4.67. The van der Waals surface area contributed by atoms with Crippen LogP contribution in [0, 0.1) is 5.92 Å². The zero-order valence-corrected chi connectivity index (χ0v) is 12.2. The van der Waals surface area contributed by atoms with Gasteiger partial charge >= 0.3 is 12.0 Å². The van der Waals surface area contributed by atoms with Crippen LogP contribution in [0.15, 0.2) is 18.2 Å². The Hall–Kier alpha value is -2.24. The monoisotopic (exact) mass is 292 g/mol. The van der Waals surface area contributed by atoms with Gasteiger partial charge < -0.3 is 20.5 Å². The van der Waals surface area contributed by atoms with Crippen molar-refractivity contribution in [2.45, 2.75) is 32.2 Å². The number of ether oxygens (including phenoxy) is 1. The summed E-state index contributed by atoms with van der Waals surface area (Å²) in [5, 5.41) is 14.5. The second-order valence-electron chi connectivity index (χ2n) is 5.40. The van der Waals surface area contributed by atoms with Crippen LogP contribution in [-0.2, 0) is 0 Å². The Bertz CT molecular complexity index is 540. The lowest BCUT2D eigenvalue weighted by Gasteiger charge is -2.16. The summed E-state index contributed by atoms with van der Waals surface area (Å²) >= 11 is 0. The van der Waals surface area contributed by atoms with Crippen molar-refractivity contribution in [3.05, 3.63) is 23.8 Å². The summed E-state index contributed by atoms with van der Waals surface area (Å²) < 4.78 is 5.13. The van der Waals surface area contributed by atoms with E-state index in [1.54, 1.807) is 0 Å². The molecule has 0 radical (unpaired) electrons. The standard InChI is InChI=1S/C15H20N2O4/c1-9(7-10-3-4-10)16-15(20)17-12-8-11(14(18)19)5-6-13(12)21-2/h5-6,8-10H,3-4,7H2,1-2H3,(H,18,19)(H2,16,17,20). The number of methoxy groups -OCH3 is 1. The van der Waals surface area contributed by atoms with Gasteiger partial charge in [-0.25, -0.2) is 9.59 Å². The third kappa shape index (κ3) is 4.37. The average Bonchev–Trinajstić information content (AvgIpc) is 3.21. The van der Waals surface area contributed by atoms with Crippen molar-refractivity contribution in [2.24, 2.45) is 5.92 Å². The molecule has 114 valence electrons. The molecule has 0 spiro atoms. The molecule has 3 N–H and O–H groups in total. The summed E-state index contributed by atoms with van der Waals surface area (Å²) in [6.45, 7) is 1.96. The smallest absolute Gasteiger partial charge is 0.335 e. The summed E-state index contributed by atoms with van der Waals surface area (Å²) in [4.78, 5) is 22.9. The number of aromatic carboxylic acids is 1. The molecule has 21 heavy (non-hydrogen) atoms. The quantitative estimate of drug-likeness (QED) is 0.752. The predicted molar refractivity (Wildman–Crippen MR) is 78.9 cm³/mol. The van der Waals surface area contributed by atoms with Gasteiger partial charge in [0.05, 0.1) is 18.4 Å². The summed E-state index contributed by atoms with van der Waals surface area (Å²) in [5.41, 5.74) is 0.436. The minimum atomic E-state index is -1.05. The number of carboxylic acids is 1. The van der Waals surface area contributed by atoms with E-state index >= 15 is 0 Å². The molecule has 1 unspecified atom stereocenters. The fraction of sp³-hybridized carbons (Fsp3) is 0.467. The van der Waals surface area contributed by atoms with Crippen LogP contribution in [0.4, 0.5) is 10.5 Å². The minimum Gasteiger partial charge on any atom is -0.495 e. The number of benzene rings is 1. The Morgan fingerprint density at radius 1 is 1.43 bits per heavy atom. The van der Waals surface area contributed by atoms with Gasteiger partial charge in [-0.15, -0.1) is 0 Å². The first-order valence-corrected chi connectivity index (χ1v) is 6.98. The molecular weight excluding hydrogens is 272 g/mol. The third-order valence-electron chi connectivity index (χ3n) is 3.46. The molecule has 1 aliphatic carbocycles. The molecule has 2 amide bonds. The van der Waals surface area contributed by atoms with Gasteiger partial charge in [-0.3, -0.25) is 0 Å². The van der Waals surface area contributed by atoms with Gasteiger partial charge in [0.15, 0.2) is 0 Å². The number of amides is 2. The number of anilines is 1. The highest BCUT2D eigenvalue weighted by molar-refractivity contribution is 5.94. The molecule has 0 aromatic heterocycles. The van der Waals surface area contributed by atoms with Crippen LogP contribution in [0.5, 0.6) is 5.75 Å². The van der Waals surface area contributed by atoms with Gasteiger partial charge in [-0.1, -0.05) is 12.8 Å². The number of rotatable bonds is 6. The molecule has 0 aliphatic heterocycles. The van der Waals surface area contributed by atoms with Gasteiger partial charge in [0, 0.05) is 6.04 Å². The lowest BCUT2D eigenvalue weighted by Crippen LogP contribution is -2.36. The van der Waals surface area contributed by atoms with E-state index < -0.39 is 5.97 Å². The number of carbonyl (C=O) groups is 2. The molecule has 1 atom stereocenters. The number of hydrogen-bond acceptors (Lipinski definition) is 3. The first kappa shape index (κ1) is 15.2. The van der Waals surface area contributed by atoms with Crippen molar-refractivity contribution in [1.82, 2.24) is 5.32 Å². The summed E-state index contributed by atoms with van der Waals surface area (Å²) in [6, 6.07) is 4.06. The van der Waals surface area contributed by atoms with Crippen molar-refractivity contribution in [3.8, 4) is 5.75 Å². The third-order valence-corrected chi connectivity index (χ3v) is 3.46. The molecule has 1 saturated carbocycles. The van der Waals surface area contributed by atoms with Crippen molar-refractivity contribution in [3.63, 3.8) is 0 Å². The van der Waals surface area contributed by atoms with Gasteiger partial charge in [0.25, 0.3) is 0 Å². The van der Waals surface area contributed by atoms with Gasteiger partial charge in [-0.05, 0) is 37.5 Å². The molecule has 6 heteroatoms. The fourth-order valence-corrected chi connectivity index (χ4v) is 2.23. The molecule has 2 rings (SSSR count). The Labute approximate surface area is 123 Å². The van der Waals surface area contributed by atoms with Crippen LogP contribution in [0.2, 0.25) is 0 Å². The second-order valence-corrected chi connectivity index (χ2v) is 5.40. The Morgan fingerprint density at radius 2 is 2.14 bits per heavy atom. The maximum atomic E-state index is 11.9. The first-order valence-electron chi connectivity index (χ1n) is 6.98. The van der Waals surface area contributed by atoms with Crippen LogP contribution in [0.1, 0.15) is 36.5 Å². The molecule has 1 aromatic carbocycles. The molecule has 0 bridgehead atoms. The highest BCUT2D eigenvalue weighted by Gasteiger charge is 2.24. The predicted octanol–water partition coefficient (Wildman–Crippen LogP) is 2.70. The van der Waals surface area contributed by atoms with Crippen LogP contribution in [0.25, 0.3) is 0 Å². The van der Waals surface area contributed by atoms with Crippen molar-refractivity contribution in [2.75, 3.05) is 12.4 Å². The lowest BCUT2D eigenvalue weighted by molar-refractivity contribution is 0.0697.